The maximum Gasteiger partial charge on any atom is 0.416 e. The lowest BCUT2D eigenvalue weighted by molar-refractivity contribution is -0.137. The van der Waals surface area contributed by atoms with Gasteiger partial charge in [-0.05, 0) is 59.0 Å². The van der Waals surface area contributed by atoms with Crippen molar-refractivity contribution in [1.29, 1.82) is 0 Å². The molecule has 4 rings (SSSR count). The van der Waals surface area contributed by atoms with E-state index in [9.17, 15) is 18.0 Å². The number of benzene rings is 3. The fourth-order valence-corrected chi connectivity index (χ4v) is 3.58. The van der Waals surface area contributed by atoms with Crippen LogP contribution in [0.1, 0.15) is 43.3 Å². The summed E-state index contributed by atoms with van der Waals surface area (Å²) in [5.74, 6) is 0.393. The van der Waals surface area contributed by atoms with Gasteiger partial charge in [0, 0.05) is 0 Å². The minimum Gasteiger partial charge on any atom is -0.268 e. The number of aromatic nitrogens is 2. The molecule has 0 spiro atoms. The summed E-state index contributed by atoms with van der Waals surface area (Å²) in [4.78, 5) is 18.1. The van der Waals surface area contributed by atoms with Crippen molar-refractivity contribution >= 4 is 23.1 Å². The lowest BCUT2D eigenvalue weighted by Crippen LogP contribution is -2.23. The molecule has 0 atom stereocenters. The summed E-state index contributed by atoms with van der Waals surface area (Å²) >= 11 is 0. The van der Waals surface area contributed by atoms with E-state index in [1.54, 1.807) is 30.4 Å². The van der Waals surface area contributed by atoms with Gasteiger partial charge < -0.3 is 0 Å². The standard InChI is InChI=1S/C27H23F3N2O/c1-26(2,3)20-7-6-8-21(17-20)32-24(31-23-10-5-4-9-22(23)25(32)33)16-13-18-11-14-19(15-12-18)27(28,29)30/h4-17H,1-3H3/b16-13+. The lowest BCUT2D eigenvalue weighted by Gasteiger charge is -2.20. The molecule has 0 fully saturated rings. The SMILES string of the molecule is CC(C)(C)c1cccc(-n2c(/C=C/c3ccc(C(F)(F)F)cc3)nc3ccccc3c2=O)c1. The monoisotopic (exact) mass is 448 g/mol. The van der Waals surface area contributed by atoms with Gasteiger partial charge in [0.15, 0.2) is 0 Å². The highest BCUT2D eigenvalue weighted by Crippen LogP contribution is 2.29. The fourth-order valence-electron chi connectivity index (χ4n) is 3.58. The Hall–Kier alpha value is -3.67. The topological polar surface area (TPSA) is 34.9 Å². The lowest BCUT2D eigenvalue weighted by atomic mass is 9.87. The van der Waals surface area contributed by atoms with Gasteiger partial charge in [-0.3, -0.25) is 9.36 Å². The zero-order valence-corrected chi connectivity index (χ0v) is 18.5. The fraction of sp³-hybridized carbons (Fsp3) is 0.185. The van der Waals surface area contributed by atoms with Gasteiger partial charge in [-0.15, -0.1) is 0 Å². The van der Waals surface area contributed by atoms with Crippen LogP contribution in [0.2, 0.25) is 0 Å². The van der Waals surface area contributed by atoms with Gasteiger partial charge in [0.2, 0.25) is 0 Å². The Morgan fingerprint density at radius 2 is 1.52 bits per heavy atom. The highest BCUT2D eigenvalue weighted by molar-refractivity contribution is 5.80. The average Bonchev–Trinajstić information content (AvgIpc) is 2.77. The number of para-hydroxylation sites is 1. The van der Waals surface area contributed by atoms with Crippen LogP contribution in [0.4, 0.5) is 13.2 Å². The Kier molecular flexibility index (Phi) is 5.70. The van der Waals surface area contributed by atoms with E-state index in [4.69, 9.17) is 0 Å². The van der Waals surface area contributed by atoms with Crippen LogP contribution >= 0.6 is 0 Å². The summed E-state index contributed by atoms with van der Waals surface area (Å²) in [6.45, 7) is 6.29. The van der Waals surface area contributed by atoms with Gasteiger partial charge in [0.25, 0.3) is 5.56 Å². The smallest absolute Gasteiger partial charge is 0.268 e. The maximum atomic E-state index is 13.4. The van der Waals surface area contributed by atoms with Crippen LogP contribution in [0, 0.1) is 0 Å². The van der Waals surface area contributed by atoms with Crippen molar-refractivity contribution in [3.05, 3.63) is 106 Å². The summed E-state index contributed by atoms with van der Waals surface area (Å²) in [6, 6.07) is 19.7. The van der Waals surface area contributed by atoms with E-state index < -0.39 is 11.7 Å². The number of halogens is 3. The second-order valence-electron chi connectivity index (χ2n) is 8.88. The molecule has 0 bridgehead atoms. The molecule has 6 heteroatoms. The Bertz CT molecular complexity index is 1390. The molecule has 168 valence electrons. The molecule has 0 amide bonds. The van der Waals surface area contributed by atoms with E-state index in [0.717, 1.165) is 17.7 Å². The summed E-state index contributed by atoms with van der Waals surface area (Å²) in [5, 5.41) is 0.491. The van der Waals surface area contributed by atoms with Gasteiger partial charge in [-0.1, -0.05) is 63.2 Å². The van der Waals surface area contributed by atoms with Crippen LogP contribution in [-0.2, 0) is 11.6 Å². The third kappa shape index (κ3) is 4.75. The molecule has 0 aliphatic heterocycles. The Morgan fingerprint density at radius 3 is 2.18 bits per heavy atom. The largest absolute Gasteiger partial charge is 0.416 e. The van der Waals surface area contributed by atoms with Crippen molar-refractivity contribution in [2.24, 2.45) is 0 Å². The van der Waals surface area contributed by atoms with Gasteiger partial charge in [0.05, 0.1) is 22.2 Å². The molecular formula is C27H23F3N2O. The van der Waals surface area contributed by atoms with E-state index in [2.05, 4.69) is 25.8 Å². The van der Waals surface area contributed by atoms with Crippen LogP contribution in [0.15, 0.2) is 77.6 Å². The minimum atomic E-state index is -4.39. The van der Waals surface area contributed by atoms with Gasteiger partial charge >= 0.3 is 6.18 Å². The molecule has 0 N–H and O–H groups in total. The molecule has 0 saturated heterocycles. The predicted octanol–water partition coefficient (Wildman–Crippen LogP) is 6.87. The molecule has 33 heavy (non-hydrogen) atoms. The van der Waals surface area contributed by atoms with E-state index >= 15 is 0 Å². The summed E-state index contributed by atoms with van der Waals surface area (Å²) in [6.07, 6.45) is -1.08. The van der Waals surface area contributed by atoms with Crippen LogP contribution in [0.3, 0.4) is 0 Å². The van der Waals surface area contributed by atoms with E-state index in [1.807, 2.05) is 30.3 Å². The molecule has 0 aliphatic rings. The van der Waals surface area contributed by atoms with Crippen LogP contribution in [0.25, 0.3) is 28.7 Å². The number of hydrogen-bond acceptors (Lipinski definition) is 2. The highest BCUT2D eigenvalue weighted by atomic mass is 19.4. The molecule has 0 aliphatic carbocycles. The van der Waals surface area contributed by atoms with Crippen LogP contribution < -0.4 is 5.56 Å². The Morgan fingerprint density at radius 1 is 0.818 bits per heavy atom. The summed E-state index contributed by atoms with van der Waals surface area (Å²) < 4.78 is 40.1. The zero-order valence-electron chi connectivity index (χ0n) is 18.5. The predicted molar refractivity (Wildman–Crippen MR) is 126 cm³/mol. The maximum absolute atomic E-state index is 13.4. The molecule has 0 saturated carbocycles. The number of rotatable bonds is 3. The van der Waals surface area contributed by atoms with Crippen molar-refractivity contribution in [1.82, 2.24) is 9.55 Å². The first-order valence-electron chi connectivity index (χ1n) is 10.5. The third-order valence-corrected chi connectivity index (χ3v) is 5.43. The highest BCUT2D eigenvalue weighted by Gasteiger charge is 2.29. The zero-order chi connectivity index (χ0) is 23.8. The number of nitrogens with zero attached hydrogens (tertiary/aromatic N) is 2. The molecular weight excluding hydrogens is 425 g/mol. The molecule has 0 unspecified atom stereocenters. The molecule has 1 aromatic heterocycles. The van der Waals surface area contributed by atoms with Crippen molar-refractivity contribution < 1.29 is 13.2 Å². The second-order valence-corrected chi connectivity index (χ2v) is 8.88. The van der Waals surface area contributed by atoms with Crippen molar-refractivity contribution in [2.45, 2.75) is 32.4 Å². The minimum absolute atomic E-state index is 0.111. The van der Waals surface area contributed by atoms with Gasteiger partial charge in [-0.2, -0.15) is 13.2 Å². The third-order valence-electron chi connectivity index (χ3n) is 5.43. The second kappa shape index (κ2) is 8.35. The number of fused-ring (bicyclic) bond motifs is 1. The van der Waals surface area contributed by atoms with Gasteiger partial charge in [-0.25, -0.2) is 4.98 Å². The van der Waals surface area contributed by atoms with Crippen molar-refractivity contribution in [2.75, 3.05) is 0 Å². The first kappa shape index (κ1) is 22.5. The molecule has 1 heterocycles. The van der Waals surface area contributed by atoms with E-state index in [0.29, 0.717) is 28.0 Å². The van der Waals surface area contributed by atoms with Crippen LogP contribution in [0.5, 0.6) is 0 Å². The Labute approximate surface area is 189 Å². The molecule has 4 aromatic rings. The normalized spacial score (nSPS) is 12.5. The number of hydrogen-bond donors (Lipinski definition) is 0. The summed E-state index contributed by atoms with van der Waals surface area (Å²) in [5.41, 5.74) is 1.84. The van der Waals surface area contributed by atoms with E-state index in [1.165, 1.54) is 16.7 Å². The first-order valence-corrected chi connectivity index (χ1v) is 10.5. The molecule has 3 aromatic carbocycles. The molecule has 0 radical (unpaired) electrons. The summed E-state index contributed by atoms with van der Waals surface area (Å²) in [7, 11) is 0. The first-order chi connectivity index (χ1) is 15.5. The van der Waals surface area contributed by atoms with Crippen LogP contribution in [-0.4, -0.2) is 9.55 Å². The van der Waals surface area contributed by atoms with Gasteiger partial charge in [0.1, 0.15) is 5.82 Å². The van der Waals surface area contributed by atoms with Crippen molar-refractivity contribution in [3.63, 3.8) is 0 Å². The Balaban J connectivity index is 1.86. The van der Waals surface area contributed by atoms with E-state index in [-0.39, 0.29) is 11.0 Å². The number of alkyl halides is 3. The average molecular weight is 448 g/mol. The molecule has 3 nitrogen and oxygen atoms in total. The van der Waals surface area contributed by atoms with Crippen molar-refractivity contribution in [3.8, 4) is 5.69 Å². The quantitative estimate of drug-likeness (QED) is 0.343.